The van der Waals surface area contributed by atoms with Crippen LogP contribution in [0.1, 0.15) is 24.0 Å². The van der Waals surface area contributed by atoms with Crippen LogP contribution in [0.25, 0.3) is 0 Å². The zero-order chi connectivity index (χ0) is 21.3. The Bertz CT molecular complexity index is 979. The van der Waals surface area contributed by atoms with Crippen molar-refractivity contribution in [1.29, 1.82) is 0 Å². The highest BCUT2D eigenvalue weighted by atomic mass is 32.2. The summed E-state index contributed by atoms with van der Waals surface area (Å²) in [6.45, 7) is 4.97. The SMILES string of the molecule is Cc1cc(C)cc(NC(=O)C2CCN(C(=O)[C@@H]3Sc4ccccc4NC3=O)CC2)c1. The molecule has 1 fully saturated rings. The van der Waals surface area contributed by atoms with Crippen molar-refractivity contribution < 1.29 is 14.4 Å². The van der Waals surface area contributed by atoms with Crippen molar-refractivity contribution in [1.82, 2.24) is 4.90 Å². The van der Waals surface area contributed by atoms with Gasteiger partial charge in [-0.05, 0) is 62.1 Å². The van der Waals surface area contributed by atoms with Gasteiger partial charge in [-0.25, -0.2) is 0 Å². The molecule has 2 aliphatic rings. The van der Waals surface area contributed by atoms with Crippen molar-refractivity contribution in [3.05, 3.63) is 53.6 Å². The van der Waals surface area contributed by atoms with E-state index in [-0.39, 0.29) is 23.6 Å². The van der Waals surface area contributed by atoms with Crippen molar-refractivity contribution in [2.45, 2.75) is 36.8 Å². The van der Waals surface area contributed by atoms with Crippen molar-refractivity contribution in [2.75, 3.05) is 23.7 Å². The summed E-state index contributed by atoms with van der Waals surface area (Å²) in [4.78, 5) is 40.7. The molecule has 1 atom stereocenters. The first-order valence-corrected chi connectivity index (χ1v) is 11.0. The molecule has 0 spiro atoms. The monoisotopic (exact) mass is 423 g/mol. The van der Waals surface area contributed by atoms with Crippen LogP contribution in [0, 0.1) is 19.8 Å². The van der Waals surface area contributed by atoms with E-state index in [0.717, 1.165) is 27.4 Å². The molecule has 0 aliphatic carbocycles. The van der Waals surface area contributed by atoms with E-state index in [4.69, 9.17) is 0 Å². The Hall–Kier alpha value is -2.80. The number of para-hydroxylation sites is 1. The topological polar surface area (TPSA) is 78.5 Å². The molecule has 0 radical (unpaired) electrons. The number of benzene rings is 2. The third-order valence-corrected chi connectivity index (χ3v) is 6.78. The first kappa shape index (κ1) is 20.5. The average Bonchev–Trinajstić information content (AvgIpc) is 2.72. The summed E-state index contributed by atoms with van der Waals surface area (Å²) < 4.78 is 0. The van der Waals surface area contributed by atoms with Gasteiger partial charge >= 0.3 is 0 Å². The molecule has 2 aliphatic heterocycles. The van der Waals surface area contributed by atoms with Gasteiger partial charge in [-0.3, -0.25) is 14.4 Å². The predicted molar refractivity (Wildman–Crippen MR) is 119 cm³/mol. The quantitative estimate of drug-likeness (QED) is 0.740. The summed E-state index contributed by atoms with van der Waals surface area (Å²) in [7, 11) is 0. The number of hydrogen-bond donors (Lipinski definition) is 2. The second kappa shape index (κ2) is 8.52. The third kappa shape index (κ3) is 4.36. The fraction of sp³-hybridized carbons (Fsp3) is 0.348. The normalized spacial score (nSPS) is 19.1. The number of rotatable bonds is 3. The molecule has 1 saturated heterocycles. The molecule has 2 heterocycles. The van der Waals surface area contributed by atoms with Gasteiger partial charge in [0.15, 0.2) is 5.25 Å². The first-order valence-electron chi connectivity index (χ1n) is 10.2. The maximum atomic E-state index is 13.0. The highest BCUT2D eigenvalue weighted by Crippen LogP contribution is 2.36. The Balaban J connectivity index is 1.34. The second-order valence-corrected chi connectivity index (χ2v) is 9.10. The molecule has 0 aromatic heterocycles. The van der Waals surface area contributed by atoms with Gasteiger partial charge in [0.25, 0.3) is 0 Å². The van der Waals surface area contributed by atoms with Crippen LogP contribution in [-0.4, -0.2) is 41.0 Å². The number of likely N-dealkylation sites (tertiary alicyclic amines) is 1. The van der Waals surface area contributed by atoms with Crippen LogP contribution in [0.3, 0.4) is 0 Å². The fourth-order valence-corrected chi connectivity index (χ4v) is 5.11. The zero-order valence-electron chi connectivity index (χ0n) is 17.1. The number of anilines is 2. The van der Waals surface area contributed by atoms with Crippen LogP contribution < -0.4 is 10.6 Å². The van der Waals surface area contributed by atoms with Crippen LogP contribution >= 0.6 is 11.8 Å². The molecular weight excluding hydrogens is 398 g/mol. The van der Waals surface area contributed by atoms with Crippen molar-refractivity contribution >= 4 is 40.9 Å². The number of nitrogens with zero attached hydrogens (tertiary/aromatic N) is 1. The minimum atomic E-state index is -0.777. The molecule has 2 aromatic rings. The Kier molecular flexibility index (Phi) is 5.81. The standard InChI is InChI=1S/C23H25N3O3S/c1-14-11-15(2)13-17(12-14)24-21(27)16-7-9-26(10-8-16)23(29)20-22(28)25-18-5-3-4-6-19(18)30-20/h3-6,11-13,16,20H,7-10H2,1-2H3,(H,24,27)(H,25,28)/t20-/m1/s1. The van der Waals surface area contributed by atoms with E-state index in [1.165, 1.54) is 11.8 Å². The number of thioether (sulfide) groups is 1. The van der Waals surface area contributed by atoms with E-state index in [2.05, 4.69) is 16.7 Å². The number of fused-ring (bicyclic) bond motifs is 1. The maximum absolute atomic E-state index is 13.0. The average molecular weight is 424 g/mol. The van der Waals surface area contributed by atoms with E-state index in [1.54, 1.807) is 4.90 Å². The Morgan fingerprint density at radius 3 is 2.43 bits per heavy atom. The first-order chi connectivity index (χ1) is 14.4. The summed E-state index contributed by atoms with van der Waals surface area (Å²) in [6, 6.07) is 13.5. The van der Waals surface area contributed by atoms with Crippen molar-refractivity contribution in [3.63, 3.8) is 0 Å². The molecule has 4 rings (SSSR count). The molecule has 3 amide bonds. The minimum absolute atomic E-state index is 0.00851. The third-order valence-electron chi connectivity index (χ3n) is 5.52. The van der Waals surface area contributed by atoms with E-state index in [1.807, 2.05) is 50.2 Å². The highest BCUT2D eigenvalue weighted by Gasteiger charge is 2.37. The van der Waals surface area contributed by atoms with Gasteiger partial charge in [0.2, 0.25) is 17.7 Å². The highest BCUT2D eigenvalue weighted by molar-refractivity contribution is 8.01. The lowest BCUT2D eigenvalue weighted by atomic mass is 9.95. The summed E-state index contributed by atoms with van der Waals surface area (Å²) in [5.74, 6) is -0.604. The molecular formula is C23H25N3O3S. The zero-order valence-corrected chi connectivity index (χ0v) is 17.9. The molecule has 2 aromatic carbocycles. The van der Waals surface area contributed by atoms with Crippen LogP contribution in [0.2, 0.25) is 0 Å². The van der Waals surface area contributed by atoms with E-state index in [0.29, 0.717) is 25.9 Å². The number of piperidine rings is 1. The molecule has 7 heteroatoms. The number of amides is 3. The predicted octanol–water partition coefficient (Wildman–Crippen LogP) is 3.59. The van der Waals surface area contributed by atoms with Crippen LogP contribution in [0.5, 0.6) is 0 Å². The number of carbonyl (C=O) groups is 3. The van der Waals surface area contributed by atoms with Gasteiger partial charge in [-0.1, -0.05) is 18.2 Å². The number of aryl methyl sites for hydroxylation is 2. The summed E-state index contributed by atoms with van der Waals surface area (Å²) in [6.07, 6.45) is 1.19. The summed E-state index contributed by atoms with van der Waals surface area (Å²) >= 11 is 1.30. The van der Waals surface area contributed by atoms with E-state index >= 15 is 0 Å². The van der Waals surface area contributed by atoms with Gasteiger partial charge in [0.05, 0.1) is 5.69 Å². The smallest absolute Gasteiger partial charge is 0.247 e. The Morgan fingerprint density at radius 1 is 1.07 bits per heavy atom. The van der Waals surface area contributed by atoms with E-state index < -0.39 is 5.25 Å². The lowest BCUT2D eigenvalue weighted by molar-refractivity contribution is -0.136. The van der Waals surface area contributed by atoms with Crippen LogP contribution in [0.15, 0.2) is 47.4 Å². The molecule has 0 bridgehead atoms. The molecule has 0 saturated carbocycles. The molecule has 6 nitrogen and oxygen atoms in total. The lowest BCUT2D eigenvalue weighted by Gasteiger charge is -2.34. The number of carbonyl (C=O) groups excluding carboxylic acids is 3. The number of nitrogens with one attached hydrogen (secondary N) is 2. The minimum Gasteiger partial charge on any atom is -0.341 e. The largest absolute Gasteiger partial charge is 0.341 e. The number of hydrogen-bond acceptors (Lipinski definition) is 4. The molecule has 30 heavy (non-hydrogen) atoms. The van der Waals surface area contributed by atoms with Crippen LogP contribution in [-0.2, 0) is 14.4 Å². The van der Waals surface area contributed by atoms with Crippen molar-refractivity contribution in [2.24, 2.45) is 5.92 Å². The van der Waals surface area contributed by atoms with E-state index in [9.17, 15) is 14.4 Å². The molecule has 2 N–H and O–H groups in total. The van der Waals surface area contributed by atoms with Gasteiger partial charge in [-0.15, -0.1) is 11.8 Å². The molecule has 156 valence electrons. The van der Waals surface area contributed by atoms with Gasteiger partial charge in [0, 0.05) is 29.6 Å². The lowest BCUT2D eigenvalue weighted by Crippen LogP contribution is -2.48. The Labute approximate surface area is 180 Å². The summed E-state index contributed by atoms with van der Waals surface area (Å²) in [5.41, 5.74) is 3.77. The van der Waals surface area contributed by atoms with Gasteiger partial charge < -0.3 is 15.5 Å². The maximum Gasteiger partial charge on any atom is 0.247 e. The second-order valence-electron chi connectivity index (χ2n) is 7.95. The molecule has 0 unspecified atom stereocenters. The Morgan fingerprint density at radius 2 is 1.73 bits per heavy atom. The summed E-state index contributed by atoms with van der Waals surface area (Å²) in [5, 5.41) is 5.05. The van der Waals surface area contributed by atoms with Gasteiger partial charge in [-0.2, -0.15) is 0 Å². The van der Waals surface area contributed by atoms with Crippen LogP contribution in [0.4, 0.5) is 11.4 Å². The van der Waals surface area contributed by atoms with Crippen molar-refractivity contribution in [3.8, 4) is 0 Å². The fourth-order valence-electron chi connectivity index (χ4n) is 4.03. The van der Waals surface area contributed by atoms with Gasteiger partial charge in [0.1, 0.15) is 0 Å².